The number of para-hydroxylation sites is 1. The lowest BCUT2D eigenvalue weighted by Gasteiger charge is -2.08. The molecular formula is C15H16N2O2. The zero-order valence-corrected chi connectivity index (χ0v) is 11.3. The summed E-state index contributed by atoms with van der Waals surface area (Å²) >= 11 is 0. The zero-order valence-electron chi connectivity index (χ0n) is 11.3. The number of methoxy groups -OCH3 is 1. The van der Waals surface area contributed by atoms with Crippen LogP contribution in [0.4, 0.5) is 0 Å². The summed E-state index contributed by atoms with van der Waals surface area (Å²) in [5.74, 6) is 0.757. The molecule has 0 N–H and O–H groups in total. The smallest absolute Gasteiger partial charge is 0.169 e. The molecule has 0 atom stereocenters. The van der Waals surface area contributed by atoms with Crippen LogP contribution in [0.5, 0.6) is 5.75 Å². The lowest BCUT2D eigenvalue weighted by molar-refractivity contribution is 0.0990. The molecule has 0 radical (unpaired) electrons. The van der Waals surface area contributed by atoms with E-state index in [2.05, 4.69) is 10.2 Å². The summed E-state index contributed by atoms with van der Waals surface area (Å²) < 4.78 is 5.26. The number of rotatable bonds is 4. The van der Waals surface area contributed by atoms with Gasteiger partial charge in [0.25, 0.3) is 0 Å². The van der Waals surface area contributed by atoms with Crippen LogP contribution in [0.25, 0.3) is 0 Å². The molecule has 98 valence electrons. The number of hydrogen-bond acceptors (Lipinski definition) is 4. The van der Waals surface area contributed by atoms with Gasteiger partial charge in [-0.25, -0.2) is 0 Å². The van der Waals surface area contributed by atoms with E-state index in [4.69, 9.17) is 4.74 Å². The molecule has 0 amide bonds. The van der Waals surface area contributed by atoms with Crippen LogP contribution < -0.4 is 4.74 Å². The first-order valence-electron chi connectivity index (χ1n) is 6.08. The maximum atomic E-state index is 12.3. The van der Waals surface area contributed by atoms with Crippen molar-refractivity contribution in [3.05, 3.63) is 52.8 Å². The second-order valence-corrected chi connectivity index (χ2v) is 4.40. The van der Waals surface area contributed by atoms with Gasteiger partial charge in [-0.05, 0) is 26.0 Å². The fourth-order valence-electron chi connectivity index (χ4n) is 1.95. The molecule has 2 aromatic rings. The molecule has 0 unspecified atom stereocenters. The van der Waals surface area contributed by atoms with Gasteiger partial charge in [-0.1, -0.05) is 18.2 Å². The third-order valence-corrected chi connectivity index (χ3v) is 2.94. The molecule has 0 saturated carbocycles. The highest BCUT2D eigenvalue weighted by Crippen LogP contribution is 2.20. The van der Waals surface area contributed by atoms with E-state index < -0.39 is 0 Å². The summed E-state index contributed by atoms with van der Waals surface area (Å²) in [6, 6.07) is 9.31. The quantitative estimate of drug-likeness (QED) is 0.789. The van der Waals surface area contributed by atoms with Gasteiger partial charge in [-0.15, -0.1) is 0 Å². The van der Waals surface area contributed by atoms with E-state index >= 15 is 0 Å². The van der Waals surface area contributed by atoms with Gasteiger partial charge in [0.1, 0.15) is 5.75 Å². The molecule has 0 fully saturated rings. The second-order valence-electron chi connectivity index (χ2n) is 4.40. The van der Waals surface area contributed by atoms with Crippen LogP contribution in [0.3, 0.4) is 0 Å². The molecule has 0 aliphatic heterocycles. The largest absolute Gasteiger partial charge is 0.496 e. The summed E-state index contributed by atoms with van der Waals surface area (Å²) in [7, 11) is 1.60. The Morgan fingerprint density at radius 3 is 2.68 bits per heavy atom. The van der Waals surface area contributed by atoms with E-state index in [1.807, 2.05) is 31.2 Å². The van der Waals surface area contributed by atoms with Crippen LogP contribution >= 0.6 is 0 Å². The monoisotopic (exact) mass is 256 g/mol. The van der Waals surface area contributed by atoms with Crippen LogP contribution in [0.15, 0.2) is 30.3 Å². The van der Waals surface area contributed by atoms with Crippen molar-refractivity contribution in [3.63, 3.8) is 0 Å². The van der Waals surface area contributed by atoms with Crippen molar-refractivity contribution in [1.82, 2.24) is 10.2 Å². The minimum atomic E-state index is 0.0278. The van der Waals surface area contributed by atoms with Gasteiger partial charge in [0, 0.05) is 17.5 Å². The predicted molar refractivity (Wildman–Crippen MR) is 72.5 cm³/mol. The van der Waals surface area contributed by atoms with Gasteiger partial charge in [-0.3, -0.25) is 4.79 Å². The topological polar surface area (TPSA) is 52.1 Å². The number of nitrogens with zero attached hydrogens (tertiary/aromatic N) is 2. The molecule has 19 heavy (non-hydrogen) atoms. The van der Waals surface area contributed by atoms with E-state index in [1.54, 1.807) is 20.1 Å². The predicted octanol–water partition coefficient (Wildman–Crippen LogP) is 2.53. The van der Waals surface area contributed by atoms with Gasteiger partial charge in [0.05, 0.1) is 18.5 Å². The first-order valence-corrected chi connectivity index (χ1v) is 6.08. The number of ether oxygens (including phenoxy) is 1. The number of aryl methyl sites for hydroxylation is 2. The Hall–Kier alpha value is -2.23. The second kappa shape index (κ2) is 5.61. The summed E-state index contributed by atoms with van der Waals surface area (Å²) in [4.78, 5) is 12.3. The summed E-state index contributed by atoms with van der Waals surface area (Å²) in [6.45, 7) is 3.62. The minimum absolute atomic E-state index is 0.0278. The Labute approximate surface area is 112 Å². The number of Topliss-reactive ketones (excluding diaryl/α,β-unsaturated/α-hetero) is 1. The normalized spacial score (nSPS) is 10.3. The molecule has 0 bridgehead atoms. The van der Waals surface area contributed by atoms with Crippen molar-refractivity contribution in [1.29, 1.82) is 0 Å². The van der Waals surface area contributed by atoms with E-state index in [0.717, 1.165) is 17.0 Å². The summed E-state index contributed by atoms with van der Waals surface area (Å²) in [5, 5.41) is 7.92. The maximum absolute atomic E-state index is 12.3. The molecule has 1 aromatic heterocycles. The zero-order chi connectivity index (χ0) is 13.8. The molecule has 0 aliphatic rings. The molecular weight excluding hydrogens is 240 g/mol. The Morgan fingerprint density at radius 1 is 1.21 bits per heavy atom. The highest BCUT2D eigenvalue weighted by Gasteiger charge is 2.14. The van der Waals surface area contributed by atoms with Crippen molar-refractivity contribution in [2.24, 2.45) is 0 Å². The Kier molecular flexibility index (Phi) is 3.90. The highest BCUT2D eigenvalue weighted by atomic mass is 16.5. The summed E-state index contributed by atoms with van der Waals surface area (Å²) in [5.41, 5.74) is 2.90. The molecule has 1 heterocycles. The summed E-state index contributed by atoms with van der Waals surface area (Å²) in [6.07, 6.45) is 0.302. The van der Waals surface area contributed by atoms with Gasteiger partial charge in [-0.2, -0.15) is 10.2 Å². The third-order valence-electron chi connectivity index (χ3n) is 2.94. The van der Waals surface area contributed by atoms with Gasteiger partial charge in [0.2, 0.25) is 0 Å². The Bertz CT molecular complexity index is 609. The SMILES string of the molecule is COc1ccccc1CC(=O)c1cc(C)nnc1C. The number of ketones is 1. The molecule has 2 rings (SSSR count). The minimum Gasteiger partial charge on any atom is -0.496 e. The van der Waals surface area contributed by atoms with Crippen molar-refractivity contribution in [2.75, 3.05) is 7.11 Å². The van der Waals surface area contributed by atoms with Gasteiger partial charge in [0.15, 0.2) is 5.78 Å². The maximum Gasteiger partial charge on any atom is 0.169 e. The Balaban J connectivity index is 2.28. The molecule has 0 saturated heterocycles. The standard InChI is InChI=1S/C15H16N2O2/c1-10-8-13(11(2)17-16-10)14(18)9-12-6-4-5-7-15(12)19-3/h4-8H,9H2,1-3H3. The molecule has 4 nitrogen and oxygen atoms in total. The lowest BCUT2D eigenvalue weighted by Crippen LogP contribution is -2.09. The molecule has 0 spiro atoms. The van der Waals surface area contributed by atoms with E-state index in [1.165, 1.54) is 0 Å². The average Bonchev–Trinajstić information content (AvgIpc) is 2.42. The van der Waals surface area contributed by atoms with Crippen LogP contribution in [0, 0.1) is 13.8 Å². The molecule has 0 aliphatic carbocycles. The third kappa shape index (κ3) is 2.96. The fourth-order valence-corrected chi connectivity index (χ4v) is 1.95. The average molecular weight is 256 g/mol. The highest BCUT2D eigenvalue weighted by molar-refractivity contribution is 5.98. The number of aromatic nitrogens is 2. The van der Waals surface area contributed by atoms with E-state index in [0.29, 0.717) is 17.7 Å². The number of hydrogen-bond donors (Lipinski definition) is 0. The molecule has 1 aromatic carbocycles. The van der Waals surface area contributed by atoms with Crippen molar-refractivity contribution >= 4 is 5.78 Å². The van der Waals surface area contributed by atoms with Crippen molar-refractivity contribution < 1.29 is 9.53 Å². The van der Waals surface area contributed by atoms with Crippen LogP contribution in [-0.4, -0.2) is 23.1 Å². The number of benzene rings is 1. The van der Waals surface area contributed by atoms with Crippen LogP contribution in [0.2, 0.25) is 0 Å². The fraction of sp³-hybridized carbons (Fsp3) is 0.267. The van der Waals surface area contributed by atoms with E-state index in [9.17, 15) is 4.79 Å². The van der Waals surface area contributed by atoms with Crippen LogP contribution in [-0.2, 0) is 6.42 Å². The van der Waals surface area contributed by atoms with Crippen LogP contribution in [0.1, 0.15) is 27.3 Å². The first-order chi connectivity index (χ1) is 9.11. The Morgan fingerprint density at radius 2 is 1.95 bits per heavy atom. The lowest BCUT2D eigenvalue weighted by atomic mass is 10.0. The van der Waals surface area contributed by atoms with Gasteiger partial charge >= 0.3 is 0 Å². The number of carbonyl (C=O) groups excluding carboxylic acids is 1. The van der Waals surface area contributed by atoms with Crippen molar-refractivity contribution in [3.8, 4) is 5.75 Å². The van der Waals surface area contributed by atoms with E-state index in [-0.39, 0.29) is 5.78 Å². The number of carbonyl (C=O) groups is 1. The molecule has 4 heteroatoms. The van der Waals surface area contributed by atoms with Gasteiger partial charge < -0.3 is 4.74 Å². The van der Waals surface area contributed by atoms with Crippen molar-refractivity contribution in [2.45, 2.75) is 20.3 Å². The first kappa shape index (κ1) is 13.2.